The Balaban J connectivity index is 0. The summed E-state index contributed by atoms with van der Waals surface area (Å²) < 4.78 is 0. The Labute approximate surface area is 61.9 Å². The molecule has 1 N–H and O–H groups in total. The fraction of sp³-hybridized carbons (Fsp3) is 0.375. The monoisotopic (exact) mass is 142 g/mol. The summed E-state index contributed by atoms with van der Waals surface area (Å²) in [5.41, 5.74) is 0.813. The van der Waals surface area contributed by atoms with Gasteiger partial charge in [0.25, 0.3) is 0 Å². The van der Waals surface area contributed by atoms with Crippen molar-refractivity contribution in [3.05, 3.63) is 24.3 Å². The minimum absolute atomic E-state index is 0.813. The lowest BCUT2D eigenvalue weighted by molar-refractivity contribution is -0.131. The molecule has 0 amide bonds. The molecule has 0 heterocycles. The second-order valence-corrected chi connectivity index (χ2v) is 1.97. The normalized spacial score (nSPS) is 6.70. The molecule has 0 atom stereocenters. The van der Waals surface area contributed by atoms with Crippen molar-refractivity contribution in [1.29, 1.82) is 0 Å². The van der Waals surface area contributed by atoms with Gasteiger partial charge in [-0.1, -0.05) is 11.6 Å². The van der Waals surface area contributed by atoms with Gasteiger partial charge in [-0.3, -0.25) is 0 Å². The van der Waals surface area contributed by atoms with E-state index in [-0.39, 0.29) is 0 Å². The second kappa shape index (κ2) is 7.95. The first-order chi connectivity index (χ1) is 4.54. The minimum Gasteiger partial charge on any atom is -0.478 e. The highest BCUT2D eigenvalue weighted by Gasteiger charge is 1.83. The average Bonchev–Trinajstić information content (AvgIpc) is 1.62. The molecule has 0 unspecified atom stereocenters. The Morgan fingerprint density at radius 2 is 1.80 bits per heavy atom. The first kappa shape index (κ1) is 11.7. The Bertz CT molecular complexity index is 130. The quantitative estimate of drug-likeness (QED) is 0.450. The predicted octanol–water partition coefficient (Wildman–Crippen LogP) is 2.23. The third-order valence-corrected chi connectivity index (χ3v) is 0.412. The number of hydrogen-bond donors (Lipinski definition) is 1. The first-order valence-corrected chi connectivity index (χ1v) is 2.99. The van der Waals surface area contributed by atoms with Gasteiger partial charge in [0.1, 0.15) is 0 Å². The number of carbonyl (C=O) groups is 1. The van der Waals surface area contributed by atoms with E-state index in [4.69, 9.17) is 5.11 Å². The zero-order valence-corrected chi connectivity index (χ0v) is 6.72. The van der Waals surface area contributed by atoms with Crippen molar-refractivity contribution in [3.8, 4) is 0 Å². The molecule has 0 saturated heterocycles. The number of allylic oxidation sites excluding steroid dienone is 2. The molecule has 0 rings (SSSR count). The van der Waals surface area contributed by atoms with Gasteiger partial charge in [0.15, 0.2) is 0 Å². The van der Waals surface area contributed by atoms with Crippen LogP contribution in [-0.4, -0.2) is 11.1 Å². The summed E-state index contributed by atoms with van der Waals surface area (Å²) in [7, 11) is 0. The van der Waals surface area contributed by atoms with Crippen molar-refractivity contribution in [3.63, 3.8) is 0 Å². The lowest BCUT2D eigenvalue weighted by atomic mass is 10.3. The molecule has 0 aromatic heterocycles. The second-order valence-electron chi connectivity index (χ2n) is 1.97. The molecule has 0 aromatic rings. The van der Waals surface area contributed by atoms with E-state index in [1.807, 2.05) is 6.92 Å². The van der Waals surface area contributed by atoms with E-state index in [0.29, 0.717) is 0 Å². The Hall–Kier alpha value is -1.05. The van der Waals surface area contributed by atoms with E-state index in [1.54, 1.807) is 19.9 Å². The van der Waals surface area contributed by atoms with E-state index >= 15 is 0 Å². The van der Waals surface area contributed by atoms with E-state index in [2.05, 4.69) is 6.58 Å². The van der Waals surface area contributed by atoms with Crippen LogP contribution < -0.4 is 0 Å². The summed E-state index contributed by atoms with van der Waals surface area (Å²) >= 11 is 0. The first-order valence-electron chi connectivity index (χ1n) is 2.99. The lowest BCUT2D eigenvalue weighted by Crippen LogP contribution is -1.86. The van der Waals surface area contributed by atoms with Crippen LogP contribution in [0.3, 0.4) is 0 Å². The fourth-order valence-electron chi connectivity index (χ4n) is 0.247. The van der Waals surface area contributed by atoms with Crippen LogP contribution in [-0.2, 0) is 4.79 Å². The third kappa shape index (κ3) is 28.3. The zero-order chi connectivity index (χ0) is 8.57. The number of carboxylic acid groups (broad SMARTS) is 1. The van der Waals surface area contributed by atoms with Crippen LogP contribution in [0.25, 0.3) is 0 Å². The van der Waals surface area contributed by atoms with E-state index in [0.717, 1.165) is 5.57 Å². The molecule has 0 spiro atoms. The molecule has 0 radical (unpaired) electrons. The number of aliphatic carboxylic acids is 1. The maximum absolute atomic E-state index is 9.73. The SMILES string of the molecule is C=CC.CC(C)=CC(=O)O. The molecule has 58 valence electrons. The van der Waals surface area contributed by atoms with Crippen molar-refractivity contribution < 1.29 is 9.90 Å². The maximum atomic E-state index is 9.73. The fourth-order valence-corrected chi connectivity index (χ4v) is 0.247. The van der Waals surface area contributed by atoms with Crippen LogP contribution in [0.5, 0.6) is 0 Å². The summed E-state index contributed by atoms with van der Waals surface area (Å²) in [5, 5.41) is 8.01. The van der Waals surface area contributed by atoms with Crippen LogP contribution in [0.1, 0.15) is 20.8 Å². The molecule has 0 saturated carbocycles. The predicted molar refractivity (Wildman–Crippen MR) is 42.9 cm³/mol. The topological polar surface area (TPSA) is 37.3 Å². The standard InChI is InChI=1S/C5H8O2.C3H6/c1-4(2)3-5(6)7;1-3-2/h3H,1-2H3,(H,6,7);3H,1H2,2H3. The largest absolute Gasteiger partial charge is 0.478 e. The summed E-state index contributed by atoms with van der Waals surface area (Å²) in [6, 6.07) is 0. The number of hydrogen-bond acceptors (Lipinski definition) is 1. The Morgan fingerprint density at radius 3 is 1.80 bits per heavy atom. The average molecular weight is 142 g/mol. The van der Waals surface area contributed by atoms with Crippen LogP contribution >= 0.6 is 0 Å². The summed E-state index contributed by atoms with van der Waals surface area (Å²) in [5.74, 6) is -0.875. The van der Waals surface area contributed by atoms with Crippen LogP contribution in [0.4, 0.5) is 0 Å². The van der Waals surface area contributed by atoms with Crippen LogP contribution in [0, 0.1) is 0 Å². The highest BCUT2D eigenvalue weighted by atomic mass is 16.4. The molecule has 2 heteroatoms. The highest BCUT2D eigenvalue weighted by Crippen LogP contribution is 1.85. The summed E-state index contributed by atoms with van der Waals surface area (Å²) in [4.78, 5) is 9.73. The van der Waals surface area contributed by atoms with Gasteiger partial charge in [-0.15, -0.1) is 6.58 Å². The molecule has 0 aliphatic rings. The van der Waals surface area contributed by atoms with Gasteiger partial charge in [-0.25, -0.2) is 4.79 Å². The molecule has 2 nitrogen and oxygen atoms in total. The van der Waals surface area contributed by atoms with E-state index in [1.165, 1.54) is 6.08 Å². The third-order valence-electron chi connectivity index (χ3n) is 0.412. The molecule has 0 fully saturated rings. The molecular formula is C8H14O2. The van der Waals surface area contributed by atoms with E-state index < -0.39 is 5.97 Å². The van der Waals surface area contributed by atoms with Gasteiger partial charge in [-0.2, -0.15) is 0 Å². The van der Waals surface area contributed by atoms with Crippen molar-refractivity contribution in [2.75, 3.05) is 0 Å². The zero-order valence-electron chi connectivity index (χ0n) is 6.72. The van der Waals surface area contributed by atoms with Gasteiger partial charge in [0.05, 0.1) is 0 Å². The Morgan fingerprint density at radius 1 is 1.50 bits per heavy atom. The summed E-state index contributed by atoms with van der Waals surface area (Å²) in [6.07, 6.45) is 2.92. The molecule has 0 aliphatic carbocycles. The van der Waals surface area contributed by atoms with Crippen molar-refractivity contribution in [1.82, 2.24) is 0 Å². The molecule has 0 aliphatic heterocycles. The van der Waals surface area contributed by atoms with Gasteiger partial charge < -0.3 is 5.11 Å². The highest BCUT2D eigenvalue weighted by molar-refractivity contribution is 5.80. The number of carboxylic acids is 1. The molecular weight excluding hydrogens is 128 g/mol. The van der Waals surface area contributed by atoms with Gasteiger partial charge in [0, 0.05) is 6.08 Å². The number of rotatable bonds is 1. The van der Waals surface area contributed by atoms with Gasteiger partial charge >= 0.3 is 5.97 Å². The van der Waals surface area contributed by atoms with Crippen LogP contribution in [0.15, 0.2) is 24.3 Å². The van der Waals surface area contributed by atoms with Crippen molar-refractivity contribution in [2.45, 2.75) is 20.8 Å². The lowest BCUT2D eigenvalue weighted by Gasteiger charge is -1.79. The van der Waals surface area contributed by atoms with Gasteiger partial charge in [-0.05, 0) is 20.8 Å². The van der Waals surface area contributed by atoms with Gasteiger partial charge in [0.2, 0.25) is 0 Å². The smallest absolute Gasteiger partial charge is 0.328 e. The summed E-state index contributed by atoms with van der Waals surface area (Å²) in [6.45, 7) is 8.74. The van der Waals surface area contributed by atoms with Crippen molar-refractivity contribution >= 4 is 5.97 Å². The molecule has 0 bridgehead atoms. The van der Waals surface area contributed by atoms with Crippen LogP contribution in [0.2, 0.25) is 0 Å². The molecule has 0 aromatic carbocycles. The minimum atomic E-state index is -0.875. The maximum Gasteiger partial charge on any atom is 0.328 e. The van der Waals surface area contributed by atoms with E-state index in [9.17, 15) is 4.79 Å². The molecule has 10 heavy (non-hydrogen) atoms. The van der Waals surface area contributed by atoms with Crippen molar-refractivity contribution in [2.24, 2.45) is 0 Å². The Kier molecular flexibility index (Phi) is 9.31.